The molecular formula is C19H30N2O4. The molecule has 3 aliphatic rings. The van der Waals surface area contributed by atoms with Gasteiger partial charge < -0.3 is 15.0 Å². The van der Waals surface area contributed by atoms with Crippen LogP contribution in [0.15, 0.2) is 0 Å². The Hall–Kier alpha value is -1.59. The number of rotatable bonds is 5. The fourth-order valence-electron chi connectivity index (χ4n) is 4.92. The van der Waals surface area contributed by atoms with Crippen molar-refractivity contribution >= 4 is 17.8 Å². The summed E-state index contributed by atoms with van der Waals surface area (Å²) in [7, 11) is 1.38. The molecule has 2 saturated carbocycles. The summed E-state index contributed by atoms with van der Waals surface area (Å²) in [5, 5.41) is 2.91. The Balaban J connectivity index is 1.56. The second-order valence-electron chi connectivity index (χ2n) is 7.71. The zero-order valence-electron chi connectivity index (χ0n) is 15.2. The number of carbonyl (C=O) groups excluding carboxylic acids is 3. The molecule has 1 saturated heterocycles. The van der Waals surface area contributed by atoms with Crippen LogP contribution < -0.4 is 5.32 Å². The Bertz CT molecular complexity index is 516. The molecule has 140 valence electrons. The van der Waals surface area contributed by atoms with Crippen LogP contribution in [0.4, 0.5) is 0 Å². The highest BCUT2D eigenvalue weighted by atomic mass is 16.5. The molecular weight excluding hydrogens is 320 g/mol. The van der Waals surface area contributed by atoms with Gasteiger partial charge in [-0.3, -0.25) is 9.59 Å². The molecule has 3 rings (SSSR count). The molecule has 3 unspecified atom stereocenters. The van der Waals surface area contributed by atoms with Gasteiger partial charge in [0.05, 0.1) is 7.11 Å². The van der Waals surface area contributed by atoms with E-state index in [1.165, 1.54) is 13.5 Å². The topological polar surface area (TPSA) is 75.7 Å². The number of nitrogens with zero attached hydrogens (tertiary/aromatic N) is 1. The summed E-state index contributed by atoms with van der Waals surface area (Å²) in [4.78, 5) is 38.8. The molecule has 1 heterocycles. The van der Waals surface area contributed by atoms with Gasteiger partial charge in [0.25, 0.3) is 0 Å². The van der Waals surface area contributed by atoms with Crippen molar-refractivity contribution in [1.82, 2.24) is 10.2 Å². The van der Waals surface area contributed by atoms with Gasteiger partial charge in [-0.2, -0.15) is 0 Å². The van der Waals surface area contributed by atoms with Crippen molar-refractivity contribution in [3.8, 4) is 0 Å². The van der Waals surface area contributed by atoms with Crippen molar-refractivity contribution in [3.05, 3.63) is 0 Å². The van der Waals surface area contributed by atoms with Gasteiger partial charge in [-0.1, -0.05) is 25.7 Å². The van der Waals surface area contributed by atoms with Crippen molar-refractivity contribution in [2.24, 2.45) is 11.8 Å². The van der Waals surface area contributed by atoms with E-state index < -0.39 is 6.04 Å². The molecule has 3 atom stereocenters. The Labute approximate surface area is 149 Å². The smallest absolute Gasteiger partial charge is 0.328 e. The maximum absolute atomic E-state index is 12.8. The van der Waals surface area contributed by atoms with Crippen molar-refractivity contribution in [2.75, 3.05) is 13.7 Å². The lowest BCUT2D eigenvalue weighted by Crippen LogP contribution is -2.47. The lowest BCUT2D eigenvalue weighted by Gasteiger charge is -2.33. The Morgan fingerprint density at radius 1 is 1.04 bits per heavy atom. The first-order valence-corrected chi connectivity index (χ1v) is 9.78. The number of nitrogens with one attached hydrogen (secondary N) is 1. The van der Waals surface area contributed by atoms with Gasteiger partial charge in [-0.05, 0) is 38.0 Å². The molecule has 2 aliphatic carbocycles. The van der Waals surface area contributed by atoms with Crippen LogP contribution in [-0.4, -0.2) is 48.4 Å². The number of carbonyl (C=O) groups is 3. The second-order valence-corrected chi connectivity index (χ2v) is 7.71. The van der Waals surface area contributed by atoms with Crippen LogP contribution in [0.2, 0.25) is 0 Å². The summed E-state index contributed by atoms with van der Waals surface area (Å²) in [5.41, 5.74) is 0. The van der Waals surface area contributed by atoms with E-state index in [0.717, 1.165) is 51.4 Å². The zero-order chi connectivity index (χ0) is 17.8. The van der Waals surface area contributed by atoms with E-state index in [9.17, 15) is 14.4 Å². The number of fused-ring (bicyclic) bond motifs is 1. The quantitative estimate of drug-likeness (QED) is 0.770. The summed E-state index contributed by atoms with van der Waals surface area (Å²) in [6, 6.07) is -0.285. The predicted molar refractivity (Wildman–Crippen MR) is 92.6 cm³/mol. The van der Waals surface area contributed by atoms with E-state index in [0.29, 0.717) is 12.5 Å². The third-order valence-corrected chi connectivity index (χ3v) is 6.21. The molecule has 3 fully saturated rings. The van der Waals surface area contributed by atoms with E-state index in [-0.39, 0.29) is 36.2 Å². The Kier molecular flexibility index (Phi) is 5.97. The summed E-state index contributed by atoms with van der Waals surface area (Å²) in [6.45, 7) is 0.357. The fraction of sp³-hybridized carbons (Fsp3) is 0.842. The van der Waals surface area contributed by atoms with Gasteiger partial charge in [0, 0.05) is 24.9 Å². The van der Waals surface area contributed by atoms with Crippen LogP contribution >= 0.6 is 0 Å². The van der Waals surface area contributed by atoms with Crippen molar-refractivity contribution < 1.29 is 19.1 Å². The van der Waals surface area contributed by atoms with Crippen molar-refractivity contribution in [1.29, 1.82) is 0 Å². The van der Waals surface area contributed by atoms with E-state index in [1.807, 2.05) is 0 Å². The first-order chi connectivity index (χ1) is 12.1. The third kappa shape index (κ3) is 3.98. The van der Waals surface area contributed by atoms with Crippen LogP contribution in [0.5, 0.6) is 0 Å². The third-order valence-electron chi connectivity index (χ3n) is 6.21. The minimum Gasteiger partial charge on any atom is -0.467 e. The number of methoxy groups -OCH3 is 1. The van der Waals surface area contributed by atoms with Crippen molar-refractivity contribution in [2.45, 2.75) is 76.3 Å². The highest BCUT2D eigenvalue weighted by molar-refractivity contribution is 5.86. The highest BCUT2D eigenvalue weighted by Gasteiger charge is 2.47. The molecule has 1 N–H and O–H groups in total. The van der Waals surface area contributed by atoms with Crippen LogP contribution in [0.1, 0.15) is 64.2 Å². The maximum atomic E-state index is 12.8. The molecule has 2 amide bonds. The van der Waals surface area contributed by atoms with E-state index in [4.69, 9.17) is 4.74 Å². The Morgan fingerprint density at radius 3 is 2.44 bits per heavy atom. The van der Waals surface area contributed by atoms with Crippen molar-refractivity contribution in [3.63, 3.8) is 0 Å². The molecule has 1 aliphatic heterocycles. The molecule has 25 heavy (non-hydrogen) atoms. The molecule has 0 bridgehead atoms. The summed E-state index contributed by atoms with van der Waals surface area (Å²) >= 11 is 0. The van der Waals surface area contributed by atoms with E-state index >= 15 is 0 Å². The number of ether oxygens (including phenoxy) is 1. The highest BCUT2D eigenvalue weighted by Crippen LogP contribution is 2.40. The number of amides is 2. The maximum Gasteiger partial charge on any atom is 0.328 e. The lowest BCUT2D eigenvalue weighted by molar-refractivity contribution is -0.152. The standard InChI is InChI=1S/C19H30N2O4/c1-25-19(24)16-12-14-8-4-5-9-15(14)21(16)17(22)10-11-20-18(23)13-6-2-3-7-13/h13-16H,2-12H2,1H3,(H,20,23). The normalized spacial score (nSPS) is 29.3. The largest absolute Gasteiger partial charge is 0.467 e. The van der Waals surface area contributed by atoms with Crippen LogP contribution in [0.25, 0.3) is 0 Å². The number of esters is 1. The zero-order valence-corrected chi connectivity index (χ0v) is 15.2. The summed E-state index contributed by atoms with van der Waals surface area (Å²) in [6.07, 6.45) is 9.47. The van der Waals surface area contributed by atoms with Crippen LogP contribution in [0, 0.1) is 11.8 Å². The molecule has 6 heteroatoms. The minimum absolute atomic E-state index is 0.0310. The molecule has 6 nitrogen and oxygen atoms in total. The number of hydrogen-bond donors (Lipinski definition) is 1. The van der Waals surface area contributed by atoms with Gasteiger partial charge in [0.2, 0.25) is 11.8 Å². The molecule has 0 spiro atoms. The van der Waals surface area contributed by atoms with Gasteiger partial charge in [-0.15, -0.1) is 0 Å². The van der Waals surface area contributed by atoms with E-state index in [1.54, 1.807) is 4.90 Å². The number of likely N-dealkylation sites (tertiary alicyclic amines) is 1. The average molecular weight is 350 g/mol. The fourth-order valence-corrected chi connectivity index (χ4v) is 4.92. The van der Waals surface area contributed by atoms with Gasteiger partial charge in [-0.25, -0.2) is 4.79 Å². The first kappa shape index (κ1) is 18.2. The summed E-state index contributed by atoms with van der Waals surface area (Å²) < 4.78 is 4.93. The monoisotopic (exact) mass is 350 g/mol. The second kappa shape index (κ2) is 8.19. The van der Waals surface area contributed by atoms with Crippen LogP contribution in [-0.2, 0) is 19.1 Å². The Morgan fingerprint density at radius 2 is 1.72 bits per heavy atom. The van der Waals surface area contributed by atoms with Crippen LogP contribution in [0.3, 0.4) is 0 Å². The first-order valence-electron chi connectivity index (χ1n) is 9.78. The summed E-state index contributed by atoms with van der Waals surface area (Å²) in [5.74, 6) is 0.267. The molecule has 0 aromatic heterocycles. The van der Waals surface area contributed by atoms with Gasteiger partial charge in [0.15, 0.2) is 0 Å². The molecule has 0 aromatic rings. The molecule has 0 aromatic carbocycles. The van der Waals surface area contributed by atoms with Gasteiger partial charge >= 0.3 is 5.97 Å². The predicted octanol–water partition coefficient (Wildman–Crippen LogP) is 2.02. The number of hydrogen-bond acceptors (Lipinski definition) is 4. The lowest BCUT2D eigenvalue weighted by atomic mass is 9.84. The SMILES string of the molecule is COC(=O)C1CC2CCCCC2N1C(=O)CCNC(=O)C1CCCC1. The minimum atomic E-state index is -0.448. The average Bonchev–Trinajstić information content (AvgIpc) is 3.28. The molecule has 0 radical (unpaired) electrons. The van der Waals surface area contributed by atoms with E-state index in [2.05, 4.69) is 5.32 Å². The van der Waals surface area contributed by atoms with Gasteiger partial charge in [0.1, 0.15) is 6.04 Å².